The first kappa shape index (κ1) is 11.4. The molecule has 2 N–H and O–H groups in total. The summed E-state index contributed by atoms with van der Waals surface area (Å²) in [5.41, 5.74) is 6.05. The minimum Gasteiger partial charge on any atom is -0.382 e. The molecule has 1 atom stereocenters. The Kier molecular flexibility index (Phi) is 3.33. The number of hydrogen-bond acceptors (Lipinski definition) is 3. The van der Waals surface area contributed by atoms with Gasteiger partial charge in [-0.05, 0) is 45.1 Å². The van der Waals surface area contributed by atoms with Crippen LogP contribution in [-0.2, 0) is 9.47 Å². The number of rotatable bonds is 5. The monoisotopic (exact) mass is 213 g/mol. The van der Waals surface area contributed by atoms with Crippen molar-refractivity contribution in [2.75, 3.05) is 26.9 Å². The summed E-state index contributed by atoms with van der Waals surface area (Å²) in [4.78, 5) is 0. The minimum atomic E-state index is -0.0145. The molecule has 0 aromatic rings. The molecule has 1 saturated carbocycles. The summed E-state index contributed by atoms with van der Waals surface area (Å²) in [6, 6.07) is 0. The van der Waals surface area contributed by atoms with Gasteiger partial charge in [0.1, 0.15) is 0 Å². The molecule has 1 saturated heterocycles. The first-order chi connectivity index (χ1) is 7.29. The van der Waals surface area contributed by atoms with Crippen molar-refractivity contribution in [1.29, 1.82) is 0 Å². The van der Waals surface area contributed by atoms with Crippen molar-refractivity contribution in [3.05, 3.63) is 0 Å². The molecule has 0 amide bonds. The fourth-order valence-electron chi connectivity index (χ4n) is 3.13. The molecule has 1 aliphatic carbocycles. The van der Waals surface area contributed by atoms with E-state index >= 15 is 0 Å². The Morgan fingerprint density at radius 2 is 2.07 bits per heavy atom. The highest BCUT2D eigenvalue weighted by Crippen LogP contribution is 2.60. The van der Waals surface area contributed by atoms with Gasteiger partial charge < -0.3 is 15.2 Å². The lowest BCUT2D eigenvalue weighted by Crippen LogP contribution is -2.49. The molecular formula is C12H23NO2. The van der Waals surface area contributed by atoms with Crippen LogP contribution in [0.2, 0.25) is 0 Å². The maximum atomic E-state index is 6.11. The highest BCUT2D eigenvalue weighted by atomic mass is 16.5. The van der Waals surface area contributed by atoms with Crippen molar-refractivity contribution in [2.45, 2.75) is 44.1 Å². The summed E-state index contributed by atoms with van der Waals surface area (Å²) < 4.78 is 11.5. The maximum absolute atomic E-state index is 6.11. The number of hydrogen-bond donors (Lipinski definition) is 1. The molecule has 1 unspecified atom stereocenters. The van der Waals surface area contributed by atoms with E-state index in [1.807, 2.05) is 0 Å². The molecule has 0 aromatic carbocycles. The van der Waals surface area contributed by atoms with Gasteiger partial charge in [0, 0.05) is 19.1 Å². The van der Waals surface area contributed by atoms with Gasteiger partial charge in [0.25, 0.3) is 0 Å². The molecule has 0 bridgehead atoms. The van der Waals surface area contributed by atoms with Gasteiger partial charge in [-0.25, -0.2) is 0 Å². The van der Waals surface area contributed by atoms with Gasteiger partial charge in [0.05, 0.1) is 12.2 Å². The maximum Gasteiger partial charge on any atom is 0.0970 e. The molecule has 1 heterocycles. The van der Waals surface area contributed by atoms with E-state index < -0.39 is 0 Å². The van der Waals surface area contributed by atoms with Gasteiger partial charge in [-0.2, -0.15) is 0 Å². The molecule has 2 rings (SSSR count). The van der Waals surface area contributed by atoms with E-state index in [1.165, 1.54) is 25.7 Å². The third-order valence-electron chi connectivity index (χ3n) is 4.17. The second kappa shape index (κ2) is 4.40. The Hall–Kier alpha value is -0.120. The van der Waals surface area contributed by atoms with E-state index in [2.05, 4.69) is 0 Å². The van der Waals surface area contributed by atoms with Crippen LogP contribution < -0.4 is 5.73 Å². The lowest BCUT2D eigenvalue weighted by Gasteiger charge is -2.43. The Labute approximate surface area is 92.3 Å². The molecule has 88 valence electrons. The third kappa shape index (κ3) is 1.93. The molecule has 15 heavy (non-hydrogen) atoms. The zero-order valence-corrected chi connectivity index (χ0v) is 9.76. The van der Waals surface area contributed by atoms with E-state index in [1.54, 1.807) is 7.11 Å². The molecule has 0 aromatic heterocycles. The SMILES string of the molecule is COCC1(C2(CCN)CC2)CCCCO1. The highest BCUT2D eigenvalue weighted by Gasteiger charge is 2.59. The fraction of sp³-hybridized carbons (Fsp3) is 1.00. The Bertz CT molecular complexity index is 202. The topological polar surface area (TPSA) is 44.5 Å². The van der Waals surface area contributed by atoms with Gasteiger partial charge in [-0.3, -0.25) is 0 Å². The van der Waals surface area contributed by atoms with Crippen LogP contribution in [0, 0.1) is 5.41 Å². The van der Waals surface area contributed by atoms with Crippen LogP contribution in [0.25, 0.3) is 0 Å². The lowest BCUT2D eigenvalue weighted by atomic mass is 9.77. The van der Waals surface area contributed by atoms with Gasteiger partial charge in [-0.15, -0.1) is 0 Å². The van der Waals surface area contributed by atoms with E-state index in [0.29, 0.717) is 5.41 Å². The van der Waals surface area contributed by atoms with Crippen LogP contribution in [0.4, 0.5) is 0 Å². The quantitative estimate of drug-likeness (QED) is 0.756. The largest absolute Gasteiger partial charge is 0.382 e. The van der Waals surface area contributed by atoms with Crippen LogP contribution in [0.3, 0.4) is 0 Å². The van der Waals surface area contributed by atoms with Crippen LogP contribution in [-0.4, -0.2) is 32.5 Å². The zero-order valence-electron chi connectivity index (χ0n) is 9.76. The standard InChI is InChI=1S/C12H23NO2/c1-14-10-12(4-2-3-9-15-12)11(5-6-11)7-8-13/h2-10,13H2,1H3. The number of ether oxygens (including phenoxy) is 2. The van der Waals surface area contributed by atoms with E-state index in [9.17, 15) is 0 Å². The minimum absolute atomic E-state index is 0.0145. The van der Waals surface area contributed by atoms with Crippen molar-refractivity contribution in [1.82, 2.24) is 0 Å². The average Bonchev–Trinajstić information content (AvgIpc) is 3.02. The van der Waals surface area contributed by atoms with Crippen molar-refractivity contribution < 1.29 is 9.47 Å². The third-order valence-corrected chi connectivity index (χ3v) is 4.17. The van der Waals surface area contributed by atoms with Crippen LogP contribution in [0.15, 0.2) is 0 Å². The second-order valence-corrected chi connectivity index (χ2v) is 5.05. The summed E-state index contributed by atoms with van der Waals surface area (Å²) in [7, 11) is 1.78. The van der Waals surface area contributed by atoms with E-state index in [-0.39, 0.29) is 5.60 Å². The van der Waals surface area contributed by atoms with Crippen LogP contribution >= 0.6 is 0 Å². The molecule has 3 heteroatoms. The smallest absolute Gasteiger partial charge is 0.0970 e. The number of nitrogens with two attached hydrogens (primary N) is 1. The predicted molar refractivity (Wildman–Crippen MR) is 59.7 cm³/mol. The van der Waals surface area contributed by atoms with Gasteiger partial charge in [0.15, 0.2) is 0 Å². The highest BCUT2D eigenvalue weighted by molar-refractivity contribution is 5.10. The number of methoxy groups -OCH3 is 1. The summed E-state index contributed by atoms with van der Waals surface area (Å²) in [5.74, 6) is 0. The summed E-state index contributed by atoms with van der Waals surface area (Å²) in [6.45, 7) is 2.41. The molecular weight excluding hydrogens is 190 g/mol. The normalized spacial score (nSPS) is 34.0. The summed E-state index contributed by atoms with van der Waals surface area (Å²) in [5, 5.41) is 0. The molecule has 3 nitrogen and oxygen atoms in total. The van der Waals surface area contributed by atoms with Crippen molar-refractivity contribution in [3.8, 4) is 0 Å². The zero-order chi connectivity index (χ0) is 10.8. The average molecular weight is 213 g/mol. The van der Waals surface area contributed by atoms with Crippen LogP contribution in [0.5, 0.6) is 0 Å². The first-order valence-corrected chi connectivity index (χ1v) is 6.12. The second-order valence-electron chi connectivity index (χ2n) is 5.05. The van der Waals surface area contributed by atoms with Crippen molar-refractivity contribution in [3.63, 3.8) is 0 Å². The Morgan fingerprint density at radius 3 is 2.53 bits per heavy atom. The van der Waals surface area contributed by atoms with Gasteiger partial charge in [-0.1, -0.05) is 0 Å². The van der Waals surface area contributed by atoms with Gasteiger partial charge in [0.2, 0.25) is 0 Å². The summed E-state index contributed by atoms with van der Waals surface area (Å²) >= 11 is 0. The molecule has 2 aliphatic rings. The van der Waals surface area contributed by atoms with Gasteiger partial charge >= 0.3 is 0 Å². The van der Waals surface area contributed by atoms with Crippen molar-refractivity contribution >= 4 is 0 Å². The molecule has 0 spiro atoms. The van der Waals surface area contributed by atoms with E-state index in [0.717, 1.165) is 32.6 Å². The summed E-state index contributed by atoms with van der Waals surface area (Å²) in [6.07, 6.45) is 7.26. The van der Waals surface area contributed by atoms with Crippen molar-refractivity contribution in [2.24, 2.45) is 11.1 Å². The Balaban J connectivity index is 2.10. The molecule has 1 aliphatic heterocycles. The Morgan fingerprint density at radius 1 is 1.27 bits per heavy atom. The molecule has 2 fully saturated rings. The van der Waals surface area contributed by atoms with Crippen LogP contribution in [0.1, 0.15) is 38.5 Å². The predicted octanol–water partition coefficient (Wildman–Crippen LogP) is 1.70. The fourth-order valence-corrected chi connectivity index (χ4v) is 3.13. The molecule has 0 radical (unpaired) electrons. The lowest BCUT2D eigenvalue weighted by molar-refractivity contribution is -0.159. The van der Waals surface area contributed by atoms with E-state index in [4.69, 9.17) is 15.2 Å². The first-order valence-electron chi connectivity index (χ1n) is 6.12.